The van der Waals surface area contributed by atoms with E-state index in [9.17, 15) is 26.7 Å². The van der Waals surface area contributed by atoms with Crippen molar-refractivity contribution in [1.29, 1.82) is 0 Å². The first-order chi connectivity index (χ1) is 15.1. The smallest absolute Gasteiger partial charge is 0.342 e. The van der Waals surface area contributed by atoms with E-state index in [0.717, 1.165) is 29.8 Å². The van der Waals surface area contributed by atoms with Crippen LogP contribution in [-0.4, -0.2) is 22.3 Å². The lowest BCUT2D eigenvalue weighted by Crippen LogP contribution is -2.16. The van der Waals surface area contributed by atoms with E-state index in [1.807, 2.05) is 0 Å². The van der Waals surface area contributed by atoms with Crippen LogP contribution in [0.2, 0.25) is 0 Å². The lowest BCUT2D eigenvalue weighted by molar-refractivity contribution is -0.137. The molecule has 9 heteroatoms. The Labute approximate surface area is 180 Å². The molecule has 4 nitrogen and oxygen atoms in total. The van der Waals surface area contributed by atoms with E-state index in [4.69, 9.17) is 0 Å². The van der Waals surface area contributed by atoms with Crippen molar-refractivity contribution in [2.45, 2.75) is 19.0 Å². The fourth-order valence-corrected chi connectivity index (χ4v) is 3.08. The van der Waals surface area contributed by atoms with Gasteiger partial charge in [-0.1, -0.05) is 37.4 Å². The number of hydrogen-bond donors (Lipinski definition) is 2. The van der Waals surface area contributed by atoms with Crippen molar-refractivity contribution >= 4 is 22.6 Å². The molecule has 1 amide bonds. The molecule has 0 fully saturated rings. The second kappa shape index (κ2) is 9.17. The summed E-state index contributed by atoms with van der Waals surface area (Å²) in [5.74, 6) is -0.277. The highest BCUT2D eigenvalue weighted by molar-refractivity contribution is 6.06. The number of carbonyl (C=O) groups is 1. The van der Waals surface area contributed by atoms with Crippen molar-refractivity contribution in [3.63, 3.8) is 0 Å². The van der Waals surface area contributed by atoms with Crippen LogP contribution in [0.15, 0.2) is 78.9 Å². The fourth-order valence-electron chi connectivity index (χ4n) is 3.08. The minimum Gasteiger partial charge on any atom is -0.342 e. The molecular weight excluding hydrogens is 429 g/mol. The third-order valence-corrected chi connectivity index (χ3v) is 4.66. The van der Waals surface area contributed by atoms with E-state index in [1.54, 1.807) is 24.3 Å². The Morgan fingerprint density at radius 1 is 1.09 bits per heavy atom. The molecule has 0 aliphatic rings. The number of nitrogens with zero attached hydrogens (tertiary/aromatic N) is 1. The number of rotatable bonds is 7. The molecule has 2 N–H and O–H groups in total. The summed E-state index contributed by atoms with van der Waals surface area (Å²) in [6.07, 6.45) is -5.05. The van der Waals surface area contributed by atoms with Crippen LogP contribution in [0.4, 0.5) is 27.6 Å². The van der Waals surface area contributed by atoms with Gasteiger partial charge in [-0.2, -0.15) is 13.2 Å². The zero-order valence-corrected chi connectivity index (χ0v) is 16.6. The van der Waals surface area contributed by atoms with Crippen LogP contribution in [0.5, 0.6) is 0 Å². The summed E-state index contributed by atoms with van der Waals surface area (Å²) < 4.78 is 64.6. The fraction of sp³-hybridized carbons (Fsp3) is 0.130. The highest BCUT2D eigenvalue weighted by Gasteiger charge is 2.30. The summed E-state index contributed by atoms with van der Waals surface area (Å²) in [6.45, 7) is 6.69. The van der Waals surface area contributed by atoms with E-state index >= 15 is 0 Å². The summed E-state index contributed by atoms with van der Waals surface area (Å²) in [6, 6.07) is 9.81. The van der Waals surface area contributed by atoms with E-state index in [1.165, 1.54) is 6.07 Å². The number of amides is 1. The van der Waals surface area contributed by atoms with Gasteiger partial charge in [-0.25, -0.2) is 13.8 Å². The lowest BCUT2D eigenvalue weighted by atomic mass is 10.1. The Hall–Kier alpha value is -3.75. The zero-order valence-electron chi connectivity index (χ0n) is 16.6. The second-order valence-corrected chi connectivity index (χ2v) is 6.82. The van der Waals surface area contributed by atoms with Crippen molar-refractivity contribution in [1.82, 2.24) is 9.97 Å². The number of allylic oxidation sites excluding steroid dienone is 2. The average Bonchev–Trinajstić information content (AvgIpc) is 3.13. The molecule has 3 rings (SSSR count). The van der Waals surface area contributed by atoms with Gasteiger partial charge in [0.2, 0.25) is 0 Å². The molecule has 0 atom stereocenters. The number of alkyl halides is 5. The third-order valence-electron chi connectivity index (χ3n) is 4.66. The van der Waals surface area contributed by atoms with Crippen LogP contribution < -0.4 is 5.32 Å². The van der Waals surface area contributed by atoms with E-state index < -0.39 is 29.6 Å². The third kappa shape index (κ3) is 5.11. The summed E-state index contributed by atoms with van der Waals surface area (Å²) in [7, 11) is 0. The number of aromatic nitrogens is 2. The van der Waals surface area contributed by atoms with Gasteiger partial charge in [0.05, 0.1) is 16.6 Å². The number of fused-ring (bicyclic) bond motifs is 1. The molecule has 0 aliphatic heterocycles. The monoisotopic (exact) mass is 447 g/mol. The van der Waals surface area contributed by atoms with Gasteiger partial charge in [0.1, 0.15) is 5.82 Å². The van der Waals surface area contributed by atoms with Gasteiger partial charge in [0.15, 0.2) is 0 Å². The molecule has 0 bridgehead atoms. The highest BCUT2D eigenvalue weighted by atomic mass is 19.4. The number of carbonyl (C=O) groups excluding carboxylic acids is 1. The normalized spacial score (nSPS) is 12.6. The molecule has 2 aromatic carbocycles. The van der Waals surface area contributed by atoms with E-state index in [2.05, 4.69) is 28.4 Å². The summed E-state index contributed by atoms with van der Waals surface area (Å²) in [4.78, 5) is 19.5. The van der Waals surface area contributed by atoms with Crippen molar-refractivity contribution in [2.24, 2.45) is 0 Å². The molecule has 0 radical (unpaired) electrons. The quantitative estimate of drug-likeness (QED) is 0.263. The van der Waals surface area contributed by atoms with Gasteiger partial charge in [0.25, 0.3) is 12.3 Å². The number of aromatic amines is 1. The van der Waals surface area contributed by atoms with E-state index in [0.29, 0.717) is 23.4 Å². The number of imidazole rings is 1. The van der Waals surface area contributed by atoms with Crippen molar-refractivity contribution in [3.05, 3.63) is 95.9 Å². The first-order valence-corrected chi connectivity index (χ1v) is 9.35. The summed E-state index contributed by atoms with van der Waals surface area (Å²) in [5, 5.41) is 2.52. The number of H-pyrrole nitrogens is 1. The maximum Gasteiger partial charge on any atom is 0.416 e. The number of hydrogen-bond acceptors (Lipinski definition) is 2. The van der Waals surface area contributed by atoms with Crippen LogP contribution in [0, 0.1) is 0 Å². The molecule has 32 heavy (non-hydrogen) atoms. The number of nitrogens with one attached hydrogen (secondary N) is 2. The van der Waals surface area contributed by atoms with Gasteiger partial charge in [-0.3, -0.25) is 4.79 Å². The predicted octanol–water partition coefficient (Wildman–Crippen LogP) is 6.04. The van der Waals surface area contributed by atoms with Gasteiger partial charge in [-0.05, 0) is 35.9 Å². The van der Waals surface area contributed by atoms with Crippen molar-refractivity contribution in [3.8, 4) is 0 Å². The molecule has 0 unspecified atom stereocenters. The van der Waals surface area contributed by atoms with Crippen molar-refractivity contribution in [2.75, 3.05) is 5.32 Å². The molecule has 166 valence electrons. The molecule has 0 aliphatic carbocycles. The Morgan fingerprint density at radius 2 is 1.78 bits per heavy atom. The largest absolute Gasteiger partial charge is 0.416 e. The molecule has 0 spiro atoms. The van der Waals surface area contributed by atoms with Gasteiger partial charge in [0, 0.05) is 23.3 Å². The number of anilines is 1. The SMILES string of the molecule is C=C/C(C(=O)Nc1ccc(Cc2nc3ccc(C(F)(F)F)cc3[nH]2)cc1)=C(\C=C)C(F)F. The van der Waals surface area contributed by atoms with E-state index in [-0.39, 0.29) is 11.1 Å². The second-order valence-electron chi connectivity index (χ2n) is 6.82. The standard InChI is InChI=1S/C23H18F5N3O/c1-3-16(21(24)25)17(4-2)22(32)29-15-8-5-13(6-9-15)11-20-30-18-10-7-14(23(26,27)28)12-19(18)31-20/h3-10,12,21H,1-2,11H2,(H,29,32)(H,30,31)/b17-16-. The molecule has 0 saturated heterocycles. The van der Waals surface area contributed by atoms with Gasteiger partial charge < -0.3 is 10.3 Å². The van der Waals surface area contributed by atoms with Gasteiger partial charge in [-0.15, -0.1) is 0 Å². The molecular formula is C23H18F5N3O. The minimum atomic E-state index is -4.44. The summed E-state index contributed by atoms with van der Waals surface area (Å²) in [5.41, 5.74) is 0.274. The van der Waals surface area contributed by atoms with Crippen LogP contribution in [-0.2, 0) is 17.4 Å². The number of benzene rings is 2. The molecule has 1 aromatic heterocycles. The first-order valence-electron chi connectivity index (χ1n) is 9.35. The minimum absolute atomic E-state index is 0.277. The maximum absolute atomic E-state index is 13.0. The van der Waals surface area contributed by atoms with Crippen LogP contribution in [0.25, 0.3) is 11.0 Å². The van der Waals surface area contributed by atoms with Crippen molar-refractivity contribution < 1.29 is 26.7 Å². The van der Waals surface area contributed by atoms with Crippen LogP contribution in [0.1, 0.15) is 17.0 Å². The topological polar surface area (TPSA) is 57.8 Å². The Kier molecular flexibility index (Phi) is 6.57. The van der Waals surface area contributed by atoms with Crippen LogP contribution >= 0.6 is 0 Å². The molecule has 0 saturated carbocycles. The average molecular weight is 447 g/mol. The summed E-state index contributed by atoms with van der Waals surface area (Å²) >= 11 is 0. The van der Waals surface area contributed by atoms with Crippen LogP contribution in [0.3, 0.4) is 0 Å². The highest BCUT2D eigenvalue weighted by Crippen LogP contribution is 2.31. The number of halogens is 5. The predicted molar refractivity (Wildman–Crippen MR) is 112 cm³/mol. The Balaban J connectivity index is 1.74. The lowest BCUT2D eigenvalue weighted by Gasteiger charge is -2.10. The zero-order chi connectivity index (χ0) is 23.5. The van der Waals surface area contributed by atoms with Gasteiger partial charge >= 0.3 is 6.18 Å². The maximum atomic E-state index is 13.0. The molecule has 1 heterocycles. The Morgan fingerprint density at radius 3 is 2.34 bits per heavy atom. The Bertz CT molecular complexity index is 1190. The first kappa shape index (κ1) is 22.9. The molecule has 3 aromatic rings.